The summed E-state index contributed by atoms with van der Waals surface area (Å²) >= 11 is 0. The normalized spacial score (nSPS) is 18.3. The van der Waals surface area contributed by atoms with Crippen LogP contribution in [-0.2, 0) is 19.5 Å². The molecule has 0 N–H and O–H groups in total. The van der Waals surface area contributed by atoms with E-state index in [2.05, 4.69) is 44.6 Å². The number of nitrogens with zero attached hydrogens (tertiary/aromatic N) is 6. The molecule has 0 spiro atoms. The molecule has 7 heteroatoms. The molecule has 0 bridgehead atoms. The summed E-state index contributed by atoms with van der Waals surface area (Å²) in [4.78, 5) is 10.4. The molecule has 2 aromatic heterocycles. The van der Waals surface area contributed by atoms with E-state index in [1.165, 1.54) is 74.8 Å². The summed E-state index contributed by atoms with van der Waals surface area (Å²) in [6.45, 7) is 8.68. The lowest BCUT2D eigenvalue weighted by molar-refractivity contribution is 0.0851. The minimum atomic E-state index is -0.261. The van der Waals surface area contributed by atoms with Crippen LogP contribution in [0.25, 0.3) is 16.7 Å². The van der Waals surface area contributed by atoms with Crippen molar-refractivity contribution in [1.82, 2.24) is 29.1 Å². The van der Waals surface area contributed by atoms with Gasteiger partial charge in [-0.1, -0.05) is 37.8 Å². The van der Waals surface area contributed by atoms with Crippen molar-refractivity contribution in [2.45, 2.75) is 71.0 Å². The molecule has 1 saturated heterocycles. The highest BCUT2D eigenvalue weighted by Crippen LogP contribution is 2.25. The molecular weight excluding hydrogens is 475 g/mol. The average Bonchev–Trinajstić information content (AvgIpc) is 3.42. The van der Waals surface area contributed by atoms with Gasteiger partial charge in [0.05, 0.1) is 22.4 Å². The third kappa shape index (κ3) is 5.40. The molecule has 4 aromatic rings. The molecule has 2 aromatic carbocycles. The first-order chi connectivity index (χ1) is 18.7. The van der Waals surface area contributed by atoms with Crippen molar-refractivity contribution >= 4 is 11.0 Å². The van der Waals surface area contributed by atoms with E-state index in [0.29, 0.717) is 6.42 Å². The number of rotatable bonds is 7. The van der Waals surface area contributed by atoms with E-state index in [-0.39, 0.29) is 5.82 Å². The Bertz CT molecular complexity index is 1360. The molecule has 6 nitrogen and oxygen atoms in total. The predicted octanol–water partition coefficient (Wildman–Crippen LogP) is 5.81. The fourth-order valence-electron chi connectivity index (χ4n) is 6.45. The number of fused-ring (bicyclic) bond motifs is 1. The van der Waals surface area contributed by atoms with Crippen LogP contribution in [0.2, 0.25) is 0 Å². The molecule has 3 heterocycles. The zero-order valence-electron chi connectivity index (χ0n) is 22.5. The Balaban J connectivity index is 1.15. The SMILES string of the molecule is CCn1c(Cc2ccnn2-c2cccc(F)c2)nc2cc(CN3CCN(C4CCCCCC4)CC3)ccc21. The monoisotopic (exact) mass is 514 g/mol. The molecule has 1 aliphatic heterocycles. The quantitative estimate of drug-likeness (QED) is 0.292. The largest absolute Gasteiger partial charge is 0.328 e. The van der Waals surface area contributed by atoms with Gasteiger partial charge in [-0.25, -0.2) is 14.1 Å². The number of piperazine rings is 1. The molecule has 0 radical (unpaired) electrons. The van der Waals surface area contributed by atoms with Gasteiger partial charge in [-0.15, -0.1) is 0 Å². The summed E-state index contributed by atoms with van der Waals surface area (Å²) in [5.41, 5.74) is 5.27. The van der Waals surface area contributed by atoms with Gasteiger partial charge in [-0.2, -0.15) is 5.10 Å². The van der Waals surface area contributed by atoms with Crippen LogP contribution < -0.4 is 0 Å². The van der Waals surface area contributed by atoms with Crippen LogP contribution in [0.5, 0.6) is 0 Å². The Labute approximate surface area is 225 Å². The van der Waals surface area contributed by atoms with Crippen molar-refractivity contribution in [3.8, 4) is 5.69 Å². The number of imidazole rings is 1. The van der Waals surface area contributed by atoms with E-state index >= 15 is 0 Å². The molecule has 2 fully saturated rings. The fourth-order valence-corrected chi connectivity index (χ4v) is 6.45. The van der Waals surface area contributed by atoms with Gasteiger partial charge in [0, 0.05) is 57.9 Å². The van der Waals surface area contributed by atoms with Crippen molar-refractivity contribution in [1.29, 1.82) is 0 Å². The van der Waals surface area contributed by atoms with Crippen LogP contribution in [0.4, 0.5) is 4.39 Å². The standard InChI is InChI=1S/C31H39FN6/c1-2-37-30-13-12-24(23-35-16-18-36(19-17-35)26-9-5-3-4-6-10-26)20-29(30)34-31(37)22-28-14-15-33-38(28)27-11-7-8-25(32)21-27/h7-8,11-15,20-21,26H,2-6,9-10,16-19,22-23H2,1H3. The summed E-state index contributed by atoms with van der Waals surface area (Å²) in [5.74, 6) is 0.748. The van der Waals surface area contributed by atoms with Crippen molar-refractivity contribution < 1.29 is 4.39 Å². The number of aromatic nitrogens is 4. The molecule has 0 unspecified atom stereocenters. The van der Waals surface area contributed by atoms with Crippen LogP contribution in [0.15, 0.2) is 54.7 Å². The Morgan fingerprint density at radius 1 is 0.921 bits per heavy atom. The molecule has 38 heavy (non-hydrogen) atoms. The van der Waals surface area contributed by atoms with Crippen LogP contribution in [-0.4, -0.2) is 61.4 Å². The predicted molar refractivity (Wildman–Crippen MR) is 150 cm³/mol. The van der Waals surface area contributed by atoms with Crippen molar-refractivity contribution in [3.05, 3.63) is 77.6 Å². The van der Waals surface area contributed by atoms with Gasteiger partial charge in [-0.05, 0) is 61.7 Å². The molecule has 200 valence electrons. The van der Waals surface area contributed by atoms with E-state index in [0.717, 1.165) is 54.9 Å². The van der Waals surface area contributed by atoms with E-state index in [4.69, 9.17) is 4.98 Å². The fraction of sp³-hybridized carbons (Fsp3) is 0.484. The maximum atomic E-state index is 13.8. The number of hydrogen-bond donors (Lipinski definition) is 0. The third-order valence-electron chi connectivity index (χ3n) is 8.48. The van der Waals surface area contributed by atoms with Crippen LogP contribution in [0.3, 0.4) is 0 Å². The second-order valence-corrected chi connectivity index (χ2v) is 10.9. The molecule has 0 amide bonds. The Morgan fingerprint density at radius 2 is 1.74 bits per heavy atom. The van der Waals surface area contributed by atoms with Crippen LogP contribution in [0.1, 0.15) is 62.5 Å². The maximum absolute atomic E-state index is 13.8. The molecule has 1 aliphatic carbocycles. The molecule has 1 saturated carbocycles. The Kier molecular flexibility index (Phi) is 7.56. The Hall–Kier alpha value is -3.03. The van der Waals surface area contributed by atoms with Gasteiger partial charge in [0.2, 0.25) is 0 Å². The van der Waals surface area contributed by atoms with Crippen molar-refractivity contribution in [3.63, 3.8) is 0 Å². The van der Waals surface area contributed by atoms with E-state index in [1.54, 1.807) is 12.3 Å². The topological polar surface area (TPSA) is 42.1 Å². The highest BCUT2D eigenvalue weighted by Gasteiger charge is 2.24. The summed E-state index contributed by atoms with van der Waals surface area (Å²) in [5, 5.41) is 4.46. The van der Waals surface area contributed by atoms with Crippen LogP contribution >= 0.6 is 0 Å². The third-order valence-corrected chi connectivity index (χ3v) is 8.48. The van der Waals surface area contributed by atoms with E-state index in [9.17, 15) is 4.39 Å². The first-order valence-electron chi connectivity index (χ1n) is 14.4. The summed E-state index contributed by atoms with van der Waals surface area (Å²) in [7, 11) is 0. The average molecular weight is 515 g/mol. The number of aryl methyl sites for hydroxylation is 1. The highest BCUT2D eigenvalue weighted by atomic mass is 19.1. The summed E-state index contributed by atoms with van der Waals surface area (Å²) in [6, 6.07) is 16.1. The second-order valence-electron chi connectivity index (χ2n) is 10.9. The van der Waals surface area contributed by atoms with Crippen molar-refractivity contribution in [2.24, 2.45) is 0 Å². The van der Waals surface area contributed by atoms with Gasteiger partial charge in [0.15, 0.2) is 0 Å². The van der Waals surface area contributed by atoms with Crippen molar-refractivity contribution in [2.75, 3.05) is 26.2 Å². The lowest BCUT2D eigenvalue weighted by atomic mass is 10.1. The van der Waals surface area contributed by atoms with Gasteiger partial charge >= 0.3 is 0 Å². The smallest absolute Gasteiger partial charge is 0.125 e. The van der Waals surface area contributed by atoms with Gasteiger partial charge < -0.3 is 4.57 Å². The Morgan fingerprint density at radius 3 is 2.50 bits per heavy atom. The summed E-state index contributed by atoms with van der Waals surface area (Å²) < 4.78 is 17.9. The zero-order valence-corrected chi connectivity index (χ0v) is 22.5. The summed E-state index contributed by atoms with van der Waals surface area (Å²) in [6.07, 6.45) is 10.8. The molecular formula is C31H39FN6. The first kappa shape index (κ1) is 25.3. The first-order valence-corrected chi connectivity index (χ1v) is 14.4. The lowest BCUT2D eigenvalue weighted by Crippen LogP contribution is -2.49. The van der Waals surface area contributed by atoms with E-state index in [1.807, 2.05) is 16.8 Å². The molecule has 2 aliphatic rings. The lowest BCUT2D eigenvalue weighted by Gasteiger charge is -2.39. The minimum Gasteiger partial charge on any atom is -0.328 e. The number of hydrogen-bond acceptors (Lipinski definition) is 4. The van der Waals surface area contributed by atoms with Gasteiger partial charge in [0.1, 0.15) is 11.6 Å². The minimum absolute atomic E-state index is 0.261. The van der Waals surface area contributed by atoms with E-state index < -0.39 is 0 Å². The highest BCUT2D eigenvalue weighted by molar-refractivity contribution is 5.77. The zero-order chi connectivity index (χ0) is 25.9. The van der Waals surface area contributed by atoms with Gasteiger partial charge in [0.25, 0.3) is 0 Å². The number of halogens is 1. The molecule has 0 atom stereocenters. The van der Waals surface area contributed by atoms with Crippen LogP contribution in [0, 0.1) is 5.82 Å². The molecule has 6 rings (SSSR count). The van der Waals surface area contributed by atoms with Gasteiger partial charge in [-0.3, -0.25) is 9.80 Å². The number of benzene rings is 2. The second kappa shape index (κ2) is 11.4. The maximum Gasteiger partial charge on any atom is 0.125 e.